The lowest BCUT2D eigenvalue weighted by Crippen LogP contribution is -1.93. The van der Waals surface area contributed by atoms with Crippen LogP contribution in [0.25, 0.3) is 11.1 Å². The van der Waals surface area contributed by atoms with Crippen molar-refractivity contribution in [3.8, 4) is 11.1 Å². The van der Waals surface area contributed by atoms with Gasteiger partial charge in [0.05, 0.1) is 12.4 Å². The van der Waals surface area contributed by atoms with Gasteiger partial charge in [-0.1, -0.05) is 113 Å². The summed E-state index contributed by atoms with van der Waals surface area (Å²) in [6, 6.07) is 21.8. The summed E-state index contributed by atoms with van der Waals surface area (Å²) in [5, 5.41) is 8.39. The molecule has 0 aliphatic rings. The van der Waals surface area contributed by atoms with Gasteiger partial charge in [0.1, 0.15) is 5.82 Å². The number of hydrogen-bond acceptors (Lipinski definition) is 2. The average molecular weight is 471 g/mol. The Morgan fingerprint density at radius 2 is 1.37 bits per heavy atom. The van der Waals surface area contributed by atoms with E-state index in [1.54, 1.807) is 12.4 Å². The fourth-order valence-corrected chi connectivity index (χ4v) is 4.28. The first-order chi connectivity index (χ1) is 17.2. The zero-order valence-corrected chi connectivity index (χ0v) is 21.3. The van der Waals surface area contributed by atoms with E-state index < -0.39 is 0 Å². The molecule has 0 saturated carbocycles. The van der Waals surface area contributed by atoms with Crippen LogP contribution < -0.4 is 0 Å². The average Bonchev–Trinajstić information content (AvgIpc) is 2.88. The van der Waals surface area contributed by atoms with E-state index in [1.807, 2.05) is 30.3 Å². The molecular formula is C32H39FN2. The minimum absolute atomic E-state index is 0.245. The first-order valence-electron chi connectivity index (χ1n) is 13.2. The van der Waals surface area contributed by atoms with Crippen molar-refractivity contribution >= 4 is 12.4 Å². The second-order valence-corrected chi connectivity index (χ2v) is 9.25. The van der Waals surface area contributed by atoms with Crippen LogP contribution in [-0.2, 0) is 12.8 Å². The Hall–Kier alpha value is -3.07. The van der Waals surface area contributed by atoms with Crippen LogP contribution in [0.5, 0.6) is 0 Å². The number of rotatable bonds is 14. The van der Waals surface area contributed by atoms with E-state index in [0.717, 1.165) is 24.0 Å². The molecular weight excluding hydrogens is 431 g/mol. The highest BCUT2D eigenvalue weighted by Crippen LogP contribution is 2.24. The number of hydrogen-bond donors (Lipinski definition) is 0. The zero-order valence-electron chi connectivity index (χ0n) is 21.3. The van der Waals surface area contributed by atoms with Crippen LogP contribution in [0.1, 0.15) is 87.5 Å². The van der Waals surface area contributed by atoms with E-state index in [2.05, 4.69) is 54.4 Å². The minimum atomic E-state index is -0.245. The molecule has 0 fully saturated rings. The van der Waals surface area contributed by atoms with Crippen molar-refractivity contribution in [3.63, 3.8) is 0 Å². The molecule has 3 heteroatoms. The van der Waals surface area contributed by atoms with E-state index in [1.165, 1.54) is 68.6 Å². The summed E-state index contributed by atoms with van der Waals surface area (Å²) in [6.07, 6.45) is 15.5. The lowest BCUT2D eigenvalue weighted by molar-refractivity contribution is 0.631. The Morgan fingerprint density at radius 1 is 0.686 bits per heavy atom. The number of nitrogens with zero attached hydrogens (tertiary/aromatic N) is 2. The van der Waals surface area contributed by atoms with Crippen molar-refractivity contribution in [1.82, 2.24) is 0 Å². The maximum absolute atomic E-state index is 14.8. The number of aryl methyl sites for hydroxylation is 2. The van der Waals surface area contributed by atoms with Gasteiger partial charge in [-0.15, -0.1) is 0 Å². The third-order valence-electron chi connectivity index (χ3n) is 6.40. The molecule has 0 radical (unpaired) electrons. The highest BCUT2D eigenvalue weighted by Gasteiger charge is 2.06. The Morgan fingerprint density at radius 3 is 2.14 bits per heavy atom. The van der Waals surface area contributed by atoms with Gasteiger partial charge in [-0.25, -0.2) is 4.39 Å². The van der Waals surface area contributed by atoms with E-state index in [0.29, 0.717) is 11.1 Å². The van der Waals surface area contributed by atoms with Crippen molar-refractivity contribution in [1.29, 1.82) is 0 Å². The molecule has 0 N–H and O–H groups in total. The smallest absolute Gasteiger partial charge is 0.131 e. The van der Waals surface area contributed by atoms with Gasteiger partial charge in [0.2, 0.25) is 0 Å². The van der Waals surface area contributed by atoms with Crippen LogP contribution in [0.3, 0.4) is 0 Å². The number of unbranched alkanes of at least 4 members (excludes halogenated alkanes) is 6. The molecule has 3 aromatic carbocycles. The predicted octanol–water partition coefficient (Wildman–Crippen LogP) is 9.19. The standard InChI is InChI=1S/C32H39FN2/c1-3-5-7-8-10-14-28-15-11-12-16-30(28)25-35-34-24-27-19-22-31(32(33)23-27)29-20-17-26(18-21-29)13-9-6-4-2/h11-12,15-25H,3-10,13-14H2,1-2H3. The highest BCUT2D eigenvalue weighted by molar-refractivity contribution is 5.84. The first-order valence-corrected chi connectivity index (χ1v) is 13.2. The first kappa shape index (κ1) is 26.5. The number of benzene rings is 3. The summed E-state index contributed by atoms with van der Waals surface area (Å²) in [7, 11) is 0. The summed E-state index contributed by atoms with van der Waals surface area (Å²) in [4.78, 5) is 0. The van der Waals surface area contributed by atoms with Crippen LogP contribution in [0.15, 0.2) is 76.9 Å². The van der Waals surface area contributed by atoms with Crippen molar-refractivity contribution in [2.75, 3.05) is 0 Å². The lowest BCUT2D eigenvalue weighted by Gasteiger charge is -2.06. The Kier molecular flexibility index (Phi) is 11.4. The minimum Gasteiger partial charge on any atom is -0.206 e. The molecule has 184 valence electrons. The molecule has 0 atom stereocenters. The normalized spacial score (nSPS) is 11.6. The van der Waals surface area contributed by atoms with Crippen molar-refractivity contribution in [2.45, 2.75) is 78.1 Å². The van der Waals surface area contributed by atoms with Crippen LogP contribution >= 0.6 is 0 Å². The van der Waals surface area contributed by atoms with E-state index >= 15 is 0 Å². The van der Waals surface area contributed by atoms with Crippen LogP contribution in [-0.4, -0.2) is 12.4 Å². The van der Waals surface area contributed by atoms with Gasteiger partial charge in [-0.05, 0) is 59.6 Å². The molecule has 0 aliphatic carbocycles. The van der Waals surface area contributed by atoms with Crippen molar-refractivity contribution < 1.29 is 4.39 Å². The topological polar surface area (TPSA) is 24.7 Å². The van der Waals surface area contributed by atoms with Crippen LogP contribution in [0.2, 0.25) is 0 Å². The zero-order chi connectivity index (χ0) is 24.7. The van der Waals surface area contributed by atoms with Crippen molar-refractivity contribution in [3.05, 3.63) is 94.8 Å². The monoisotopic (exact) mass is 470 g/mol. The van der Waals surface area contributed by atoms with Gasteiger partial charge >= 0.3 is 0 Å². The molecule has 2 nitrogen and oxygen atoms in total. The Labute approximate surface area is 211 Å². The van der Waals surface area contributed by atoms with Crippen LogP contribution in [0.4, 0.5) is 4.39 Å². The molecule has 0 spiro atoms. The number of halogens is 1. The van der Waals surface area contributed by atoms with Gasteiger partial charge in [0, 0.05) is 5.56 Å². The molecule has 0 unspecified atom stereocenters. The van der Waals surface area contributed by atoms with Crippen LogP contribution in [0, 0.1) is 5.82 Å². The largest absolute Gasteiger partial charge is 0.206 e. The molecule has 3 rings (SSSR count). The SMILES string of the molecule is CCCCCCCc1ccccc1C=NN=Cc1ccc(-c2ccc(CCCCC)cc2)c(F)c1. The third-order valence-corrected chi connectivity index (χ3v) is 6.40. The third kappa shape index (κ3) is 8.90. The molecule has 0 aliphatic heterocycles. The summed E-state index contributed by atoms with van der Waals surface area (Å²) in [6.45, 7) is 4.45. The molecule has 3 aromatic rings. The Balaban J connectivity index is 1.58. The molecule has 0 aromatic heterocycles. The second-order valence-electron chi connectivity index (χ2n) is 9.25. The lowest BCUT2D eigenvalue weighted by atomic mass is 10.00. The maximum Gasteiger partial charge on any atom is 0.131 e. The van der Waals surface area contributed by atoms with E-state index in [4.69, 9.17) is 0 Å². The maximum atomic E-state index is 14.8. The van der Waals surface area contributed by atoms with Gasteiger partial charge < -0.3 is 0 Å². The molecule has 35 heavy (non-hydrogen) atoms. The van der Waals surface area contributed by atoms with Gasteiger partial charge in [-0.3, -0.25) is 0 Å². The summed E-state index contributed by atoms with van der Waals surface area (Å²) < 4.78 is 14.8. The van der Waals surface area contributed by atoms with Gasteiger partial charge in [0.25, 0.3) is 0 Å². The van der Waals surface area contributed by atoms with Gasteiger partial charge in [-0.2, -0.15) is 10.2 Å². The quantitative estimate of drug-likeness (QED) is 0.127. The fourth-order valence-electron chi connectivity index (χ4n) is 4.28. The van der Waals surface area contributed by atoms with E-state index in [9.17, 15) is 4.39 Å². The molecule has 0 bridgehead atoms. The van der Waals surface area contributed by atoms with E-state index in [-0.39, 0.29) is 5.82 Å². The molecule has 0 heterocycles. The molecule has 0 saturated heterocycles. The predicted molar refractivity (Wildman–Crippen MR) is 149 cm³/mol. The summed E-state index contributed by atoms with van der Waals surface area (Å²) in [5.41, 5.74) is 5.91. The van der Waals surface area contributed by atoms with Gasteiger partial charge in [0.15, 0.2) is 0 Å². The summed E-state index contributed by atoms with van der Waals surface area (Å²) >= 11 is 0. The van der Waals surface area contributed by atoms with Crippen molar-refractivity contribution in [2.24, 2.45) is 10.2 Å². The highest BCUT2D eigenvalue weighted by atomic mass is 19.1. The fraction of sp³-hybridized carbons (Fsp3) is 0.375. The molecule has 0 amide bonds. The Bertz CT molecular complexity index is 1080. The summed E-state index contributed by atoms with van der Waals surface area (Å²) in [5.74, 6) is -0.245. The second kappa shape index (κ2) is 15.0.